The summed E-state index contributed by atoms with van der Waals surface area (Å²) < 4.78 is 18.7. The Kier molecular flexibility index (Phi) is 5.38. The maximum Gasteiger partial charge on any atom is 0.258 e. The van der Waals surface area contributed by atoms with Gasteiger partial charge in [0.1, 0.15) is 11.6 Å². The van der Waals surface area contributed by atoms with Crippen LogP contribution in [0.3, 0.4) is 0 Å². The van der Waals surface area contributed by atoms with Gasteiger partial charge in [-0.1, -0.05) is 24.3 Å². The number of aromatic nitrogens is 2. The van der Waals surface area contributed by atoms with Gasteiger partial charge in [0.25, 0.3) is 5.91 Å². The first-order valence-electron chi connectivity index (χ1n) is 7.90. The molecule has 3 aromatic rings. The average molecular weight is 352 g/mol. The van der Waals surface area contributed by atoms with E-state index in [4.69, 9.17) is 4.74 Å². The van der Waals surface area contributed by atoms with E-state index in [0.717, 1.165) is 11.3 Å². The third-order valence-electron chi connectivity index (χ3n) is 3.65. The molecule has 0 fully saturated rings. The van der Waals surface area contributed by atoms with Gasteiger partial charge in [-0.3, -0.25) is 4.79 Å². The van der Waals surface area contributed by atoms with Crippen LogP contribution in [0.25, 0.3) is 0 Å². The molecule has 0 bridgehead atoms. The molecule has 0 unspecified atom stereocenters. The molecule has 0 aliphatic carbocycles. The van der Waals surface area contributed by atoms with Gasteiger partial charge in [-0.25, -0.2) is 14.4 Å². The Morgan fingerprint density at radius 2 is 1.77 bits per heavy atom. The molecule has 3 rings (SSSR count). The molecule has 0 saturated carbocycles. The zero-order chi connectivity index (χ0) is 18.4. The Labute approximate surface area is 150 Å². The Morgan fingerprint density at radius 1 is 1.08 bits per heavy atom. The first kappa shape index (κ1) is 17.3. The molecule has 0 saturated heterocycles. The number of hydrogen-bond acceptors (Lipinski definition) is 5. The van der Waals surface area contributed by atoms with Crippen LogP contribution in [-0.4, -0.2) is 23.0 Å². The molecule has 132 valence electrons. The number of nitrogens with zero attached hydrogens (tertiary/aromatic N) is 2. The topological polar surface area (TPSA) is 76.1 Å². The highest BCUT2D eigenvalue weighted by atomic mass is 19.1. The zero-order valence-corrected chi connectivity index (χ0v) is 14.1. The lowest BCUT2D eigenvalue weighted by Crippen LogP contribution is -2.14. The summed E-state index contributed by atoms with van der Waals surface area (Å²) in [6.45, 7) is 0.533. The maximum absolute atomic E-state index is 13.6. The summed E-state index contributed by atoms with van der Waals surface area (Å²) >= 11 is 0. The van der Waals surface area contributed by atoms with E-state index in [1.165, 1.54) is 24.5 Å². The summed E-state index contributed by atoms with van der Waals surface area (Å²) in [4.78, 5) is 20.3. The number of carbonyl (C=O) groups is 1. The van der Waals surface area contributed by atoms with Crippen molar-refractivity contribution in [2.45, 2.75) is 6.54 Å². The Balaban J connectivity index is 1.59. The molecule has 0 aliphatic heterocycles. The van der Waals surface area contributed by atoms with Crippen LogP contribution in [0.4, 0.5) is 16.0 Å². The van der Waals surface area contributed by atoms with Gasteiger partial charge in [-0.05, 0) is 29.8 Å². The van der Waals surface area contributed by atoms with Crippen molar-refractivity contribution in [3.8, 4) is 5.75 Å². The van der Waals surface area contributed by atoms with E-state index < -0.39 is 11.7 Å². The first-order valence-corrected chi connectivity index (χ1v) is 7.90. The van der Waals surface area contributed by atoms with Gasteiger partial charge in [-0.15, -0.1) is 0 Å². The number of nitrogens with one attached hydrogen (secondary N) is 2. The summed E-state index contributed by atoms with van der Waals surface area (Å²) in [6.07, 6.45) is 2.78. The molecule has 1 amide bonds. The van der Waals surface area contributed by atoms with Crippen LogP contribution in [0.15, 0.2) is 60.9 Å². The van der Waals surface area contributed by atoms with Gasteiger partial charge in [0, 0.05) is 18.9 Å². The van der Waals surface area contributed by atoms with Crippen molar-refractivity contribution in [2.75, 3.05) is 17.7 Å². The fraction of sp³-hybridized carbons (Fsp3) is 0.105. The number of hydrogen-bond donors (Lipinski definition) is 2. The Hall–Kier alpha value is -3.48. The molecule has 6 nitrogen and oxygen atoms in total. The lowest BCUT2D eigenvalue weighted by Gasteiger charge is -2.08. The number of ether oxygens (including phenoxy) is 1. The van der Waals surface area contributed by atoms with Crippen LogP contribution in [0.2, 0.25) is 0 Å². The van der Waals surface area contributed by atoms with Crippen LogP contribution in [-0.2, 0) is 6.54 Å². The molecule has 2 N–H and O–H groups in total. The lowest BCUT2D eigenvalue weighted by atomic mass is 10.2. The lowest BCUT2D eigenvalue weighted by molar-refractivity contribution is 0.102. The quantitative estimate of drug-likeness (QED) is 0.710. The van der Waals surface area contributed by atoms with E-state index in [1.807, 2.05) is 24.3 Å². The van der Waals surface area contributed by atoms with Crippen molar-refractivity contribution in [1.82, 2.24) is 9.97 Å². The predicted octanol–water partition coefficient (Wildman–Crippen LogP) is 3.49. The van der Waals surface area contributed by atoms with Crippen molar-refractivity contribution < 1.29 is 13.9 Å². The summed E-state index contributed by atoms with van der Waals surface area (Å²) in [6, 6.07) is 13.6. The maximum atomic E-state index is 13.6. The van der Waals surface area contributed by atoms with Gasteiger partial charge < -0.3 is 15.4 Å². The largest absolute Gasteiger partial charge is 0.497 e. The molecule has 0 radical (unpaired) electrons. The number of methoxy groups -OCH3 is 1. The second-order valence-electron chi connectivity index (χ2n) is 5.43. The van der Waals surface area contributed by atoms with Gasteiger partial charge in [0.2, 0.25) is 5.95 Å². The second-order valence-corrected chi connectivity index (χ2v) is 5.43. The smallest absolute Gasteiger partial charge is 0.258 e. The van der Waals surface area contributed by atoms with Crippen LogP contribution in [0, 0.1) is 5.82 Å². The van der Waals surface area contributed by atoms with Gasteiger partial charge >= 0.3 is 0 Å². The van der Waals surface area contributed by atoms with Crippen molar-refractivity contribution >= 4 is 17.5 Å². The Bertz CT molecular complexity index is 883. The number of para-hydroxylation sites is 1. The molecule has 0 atom stereocenters. The SMILES string of the molecule is COc1ccc(CNc2ncc(C(=O)Nc3ccccc3F)cn2)cc1. The normalized spacial score (nSPS) is 10.2. The van der Waals surface area contributed by atoms with Crippen molar-refractivity contribution in [1.29, 1.82) is 0 Å². The minimum Gasteiger partial charge on any atom is -0.497 e. The number of halogens is 1. The summed E-state index contributed by atoms with van der Waals surface area (Å²) in [7, 11) is 1.62. The molecular formula is C19H17FN4O2. The number of amides is 1. The summed E-state index contributed by atoms with van der Waals surface area (Å²) in [5, 5.41) is 5.56. The highest BCUT2D eigenvalue weighted by Gasteiger charge is 2.10. The fourth-order valence-electron chi connectivity index (χ4n) is 2.22. The molecule has 0 spiro atoms. The minimum atomic E-state index is -0.500. The fourth-order valence-corrected chi connectivity index (χ4v) is 2.22. The van der Waals surface area contributed by atoms with Crippen LogP contribution >= 0.6 is 0 Å². The molecular weight excluding hydrogens is 335 g/mol. The van der Waals surface area contributed by atoms with Crippen LogP contribution in [0.5, 0.6) is 5.75 Å². The van der Waals surface area contributed by atoms with E-state index >= 15 is 0 Å². The van der Waals surface area contributed by atoms with Gasteiger partial charge in [-0.2, -0.15) is 0 Å². The number of carbonyl (C=O) groups excluding carboxylic acids is 1. The third-order valence-corrected chi connectivity index (χ3v) is 3.65. The number of rotatable bonds is 6. The van der Waals surface area contributed by atoms with Crippen molar-refractivity contribution in [3.05, 3.63) is 77.9 Å². The van der Waals surface area contributed by atoms with Crippen LogP contribution in [0.1, 0.15) is 15.9 Å². The summed E-state index contributed by atoms with van der Waals surface area (Å²) in [5.41, 5.74) is 1.39. The standard InChI is InChI=1S/C19H17FN4O2/c1-26-15-8-6-13(7-9-15)10-21-19-22-11-14(12-23-19)18(25)24-17-5-3-2-4-16(17)20/h2-9,11-12H,10H2,1H3,(H,24,25)(H,21,22,23). The second kappa shape index (κ2) is 8.06. The van der Waals surface area contributed by atoms with Crippen molar-refractivity contribution in [3.63, 3.8) is 0 Å². The van der Waals surface area contributed by atoms with Gasteiger partial charge in [0.15, 0.2) is 0 Å². The zero-order valence-electron chi connectivity index (χ0n) is 14.1. The van der Waals surface area contributed by atoms with Gasteiger partial charge in [0.05, 0.1) is 18.4 Å². The van der Waals surface area contributed by atoms with E-state index in [1.54, 1.807) is 19.2 Å². The number of anilines is 2. The van der Waals surface area contributed by atoms with E-state index in [0.29, 0.717) is 12.5 Å². The highest BCUT2D eigenvalue weighted by molar-refractivity contribution is 6.03. The molecule has 0 aliphatic rings. The third kappa shape index (κ3) is 4.32. The molecule has 1 aromatic heterocycles. The minimum absolute atomic E-state index is 0.110. The number of benzene rings is 2. The monoisotopic (exact) mass is 352 g/mol. The Morgan fingerprint density at radius 3 is 2.42 bits per heavy atom. The average Bonchev–Trinajstić information content (AvgIpc) is 2.69. The molecule has 7 heteroatoms. The molecule has 1 heterocycles. The predicted molar refractivity (Wildman–Crippen MR) is 96.7 cm³/mol. The first-order chi connectivity index (χ1) is 12.7. The van der Waals surface area contributed by atoms with E-state index in [-0.39, 0.29) is 11.3 Å². The van der Waals surface area contributed by atoms with Crippen LogP contribution < -0.4 is 15.4 Å². The molecule has 2 aromatic carbocycles. The summed E-state index contributed by atoms with van der Waals surface area (Å²) in [5.74, 6) is 0.204. The van der Waals surface area contributed by atoms with E-state index in [2.05, 4.69) is 20.6 Å². The highest BCUT2D eigenvalue weighted by Crippen LogP contribution is 2.14. The van der Waals surface area contributed by atoms with Crippen molar-refractivity contribution in [2.24, 2.45) is 0 Å². The van der Waals surface area contributed by atoms with E-state index in [9.17, 15) is 9.18 Å². The molecule has 26 heavy (non-hydrogen) atoms.